The van der Waals surface area contributed by atoms with Crippen molar-refractivity contribution in [2.75, 3.05) is 0 Å². The van der Waals surface area contributed by atoms with Crippen molar-refractivity contribution in [3.05, 3.63) is 69.2 Å². The van der Waals surface area contributed by atoms with Crippen LogP contribution in [-0.2, 0) is 0 Å². The Hall–Kier alpha value is -1.12. The molecule has 2 rings (SSSR count). The summed E-state index contributed by atoms with van der Waals surface area (Å²) in [5, 5.41) is -0.479. The van der Waals surface area contributed by atoms with Crippen molar-refractivity contribution in [1.29, 1.82) is 0 Å². The van der Waals surface area contributed by atoms with Crippen molar-refractivity contribution in [2.24, 2.45) is 0 Å². The Morgan fingerprint density at radius 1 is 1.00 bits per heavy atom. The maximum Gasteiger partial charge on any atom is 0.142 e. The van der Waals surface area contributed by atoms with Crippen LogP contribution in [0.5, 0.6) is 0 Å². The highest BCUT2D eigenvalue weighted by Gasteiger charge is 2.17. The fourth-order valence-electron chi connectivity index (χ4n) is 2.16. The van der Waals surface area contributed by atoms with E-state index in [9.17, 15) is 8.78 Å². The molecule has 0 nitrogen and oxygen atoms in total. The van der Waals surface area contributed by atoms with Crippen molar-refractivity contribution in [1.82, 2.24) is 0 Å². The molecule has 0 N–H and O–H groups in total. The third kappa shape index (κ3) is 2.90. The molecule has 0 fully saturated rings. The van der Waals surface area contributed by atoms with Crippen molar-refractivity contribution in [3.63, 3.8) is 0 Å². The molecule has 0 radical (unpaired) electrons. The van der Waals surface area contributed by atoms with Crippen molar-refractivity contribution in [3.8, 4) is 0 Å². The van der Waals surface area contributed by atoms with E-state index in [4.69, 9.17) is 23.2 Å². The molecule has 0 aliphatic heterocycles. The molecular formula is C15H12Cl2F2. The first-order chi connectivity index (χ1) is 8.90. The molecule has 2 aromatic rings. The maximum atomic E-state index is 13.5. The molecule has 4 heteroatoms. The normalized spacial score (nSPS) is 12.5. The van der Waals surface area contributed by atoms with E-state index in [-0.39, 0.29) is 10.8 Å². The van der Waals surface area contributed by atoms with Gasteiger partial charge in [-0.3, -0.25) is 0 Å². The topological polar surface area (TPSA) is 0 Å². The number of rotatable bonds is 2. The largest absolute Gasteiger partial charge is 0.207 e. The third-order valence-corrected chi connectivity index (χ3v) is 3.82. The Morgan fingerprint density at radius 2 is 1.58 bits per heavy atom. The predicted octanol–water partition coefficient (Wildman–Crippen LogP) is 5.56. The first-order valence-electron chi connectivity index (χ1n) is 5.76. The minimum absolute atomic E-state index is 0.0557. The van der Waals surface area contributed by atoms with E-state index in [1.165, 1.54) is 24.3 Å². The molecule has 1 atom stereocenters. The highest BCUT2D eigenvalue weighted by Crippen LogP contribution is 2.34. The SMILES string of the molecule is Cc1cc(F)cc(C)c1C(Cl)c1ccc(Cl)c(F)c1. The summed E-state index contributed by atoms with van der Waals surface area (Å²) in [6, 6.07) is 7.29. The molecule has 0 saturated heterocycles. The smallest absolute Gasteiger partial charge is 0.142 e. The van der Waals surface area contributed by atoms with E-state index in [1.54, 1.807) is 19.9 Å². The molecule has 0 aromatic heterocycles. The van der Waals surface area contributed by atoms with E-state index < -0.39 is 11.2 Å². The third-order valence-electron chi connectivity index (χ3n) is 3.05. The van der Waals surface area contributed by atoms with Gasteiger partial charge in [0.05, 0.1) is 10.4 Å². The van der Waals surface area contributed by atoms with Gasteiger partial charge in [0.2, 0.25) is 0 Å². The molecule has 2 aromatic carbocycles. The summed E-state index contributed by atoms with van der Waals surface area (Å²) < 4.78 is 26.7. The second kappa shape index (κ2) is 5.48. The number of halogens is 4. The molecule has 100 valence electrons. The fourth-order valence-corrected chi connectivity index (χ4v) is 2.76. The van der Waals surface area contributed by atoms with Gasteiger partial charge >= 0.3 is 0 Å². The standard InChI is InChI=1S/C15H12Cl2F2/c1-8-5-11(18)6-9(2)14(8)15(17)10-3-4-12(16)13(19)7-10/h3-7,15H,1-2H3. The number of benzene rings is 2. The summed E-state index contributed by atoms with van der Waals surface area (Å²) >= 11 is 12.0. The summed E-state index contributed by atoms with van der Waals surface area (Å²) in [4.78, 5) is 0. The number of alkyl halides is 1. The second-order valence-corrected chi connectivity index (χ2v) is 5.33. The van der Waals surface area contributed by atoms with Gasteiger partial charge in [0, 0.05) is 0 Å². The summed E-state index contributed by atoms with van der Waals surface area (Å²) in [5.41, 5.74) is 2.88. The van der Waals surface area contributed by atoms with E-state index in [0.29, 0.717) is 5.56 Å². The van der Waals surface area contributed by atoms with Crippen molar-refractivity contribution in [2.45, 2.75) is 19.2 Å². The predicted molar refractivity (Wildman–Crippen MR) is 75.0 cm³/mol. The van der Waals surface area contributed by atoms with Crippen LogP contribution in [-0.4, -0.2) is 0 Å². The molecule has 0 spiro atoms. The fraction of sp³-hybridized carbons (Fsp3) is 0.200. The Kier molecular flexibility index (Phi) is 4.12. The molecule has 19 heavy (non-hydrogen) atoms. The van der Waals surface area contributed by atoms with Gasteiger partial charge < -0.3 is 0 Å². The van der Waals surface area contributed by atoms with Crippen LogP contribution in [0.3, 0.4) is 0 Å². The van der Waals surface area contributed by atoms with E-state index in [2.05, 4.69) is 0 Å². The van der Waals surface area contributed by atoms with Gasteiger partial charge in [-0.05, 0) is 60.4 Å². The van der Waals surface area contributed by atoms with Gasteiger partial charge in [0.15, 0.2) is 0 Å². The highest BCUT2D eigenvalue weighted by molar-refractivity contribution is 6.30. The molecular weight excluding hydrogens is 289 g/mol. The first-order valence-corrected chi connectivity index (χ1v) is 6.57. The minimum atomic E-state index is -0.535. The highest BCUT2D eigenvalue weighted by atomic mass is 35.5. The van der Waals surface area contributed by atoms with Gasteiger partial charge in [0.25, 0.3) is 0 Å². The summed E-state index contributed by atoms with van der Waals surface area (Å²) in [5.74, 6) is -0.813. The lowest BCUT2D eigenvalue weighted by Crippen LogP contribution is -2.01. The van der Waals surface area contributed by atoms with Crippen LogP contribution in [0.25, 0.3) is 0 Å². The lowest BCUT2D eigenvalue weighted by atomic mass is 9.95. The molecule has 0 amide bonds. The summed E-state index contributed by atoms with van der Waals surface area (Å²) in [7, 11) is 0. The molecule has 0 saturated carbocycles. The number of hydrogen-bond acceptors (Lipinski definition) is 0. The van der Waals surface area contributed by atoms with Gasteiger partial charge in [-0.1, -0.05) is 17.7 Å². The number of aryl methyl sites for hydroxylation is 2. The Bertz CT molecular complexity index is 601. The quantitative estimate of drug-likeness (QED) is 0.637. The zero-order valence-electron chi connectivity index (χ0n) is 10.5. The molecule has 1 unspecified atom stereocenters. The minimum Gasteiger partial charge on any atom is -0.207 e. The Labute approximate surface area is 121 Å². The van der Waals surface area contributed by atoms with E-state index in [1.807, 2.05) is 0 Å². The van der Waals surface area contributed by atoms with Crippen LogP contribution in [0.1, 0.15) is 27.6 Å². The Balaban J connectivity index is 2.49. The summed E-state index contributed by atoms with van der Waals surface area (Å²) in [6.07, 6.45) is 0. The van der Waals surface area contributed by atoms with Gasteiger partial charge in [-0.2, -0.15) is 0 Å². The number of hydrogen-bond donors (Lipinski definition) is 0. The zero-order chi connectivity index (χ0) is 14.2. The summed E-state index contributed by atoms with van der Waals surface area (Å²) in [6.45, 7) is 3.57. The van der Waals surface area contributed by atoms with Crippen LogP contribution in [0.15, 0.2) is 30.3 Å². The average molecular weight is 301 g/mol. The van der Waals surface area contributed by atoms with Gasteiger partial charge in [-0.15, -0.1) is 11.6 Å². The lowest BCUT2D eigenvalue weighted by molar-refractivity contribution is 0.622. The van der Waals surface area contributed by atoms with Crippen LogP contribution in [0.4, 0.5) is 8.78 Å². The average Bonchev–Trinajstić information content (AvgIpc) is 2.31. The van der Waals surface area contributed by atoms with Crippen LogP contribution in [0.2, 0.25) is 5.02 Å². The van der Waals surface area contributed by atoms with E-state index in [0.717, 1.165) is 16.7 Å². The van der Waals surface area contributed by atoms with Gasteiger partial charge in [0.1, 0.15) is 11.6 Å². The van der Waals surface area contributed by atoms with Crippen molar-refractivity contribution < 1.29 is 8.78 Å². The lowest BCUT2D eigenvalue weighted by Gasteiger charge is -2.16. The van der Waals surface area contributed by atoms with Crippen LogP contribution < -0.4 is 0 Å². The second-order valence-electron chi connectivity index (χ2n) is 4.49. The monoisotopic (exact) mass is 300 g/mol. The maximum absolute atomic E-state index is 13.5. The molecule has 0 aliphatic rings. The Morgan fingerprint density at radius 3 is 2.11 bits per heavy atom. The molecule has 0 aliphatic carbocycles. The van der Waals surface area contributed by atoms with Crippen LogP contribution >= 0.6 is 23.2 Å². The first kappa shape index (κ1) is 14.3. The van der Waals surface area contributed by atoms with E-state index >= 15 is 0 Å². The molecule has 0 heterocycles. The van der Waals surface area contributed by atoms with Crippen molar-refractivity contribution >= 4 is 23.2 Å². The zero-order valence-corrected chi connectivity index (χ0v) is 12.0. The molecule has 0 bridgehead atoms. The van der Waals surface area contributed by atoms with Crippen LogP contribution in [0, 0.1) is 25.5 Å². The van der Waals surface area contributed by atoms with Gasteiger partial charge in [-0.25, -0.2) is 8.78 Å².